The lowest BCUT2D eigenvalue weighted by Crippen LogP contribution is -2.14. The van der Waals surface area contributed by atoms with Crippen LogP contribution >= 0.6 is 0 Å². The van der Waals surface area contributed by atoms with Crippen molar-refractivity contribution >= 4 is 12.2 Å². The summed E-state index contributed by atoms with van der Waals surface area (Å²) in [6, 6.07) is 2.51. The maximum atomic E-state index is 11.8. The summed E-state index contributed by atoms with van der Waals surface area (Å²) in [5.41, 5.74) is 0.724. The van der Waals surface area contributed by atoms with Crippen LogP contribution in [0, 0.1) is 13.8 Å². The van der Waals surface area contributed by atoms with Crippen molar-refractivity contribution in [3.8, 4) is 23.5 Å². The second-order valence-corrected chi connectivity index (χ2v) is 6.33. The molecule has 0 amide bonds. The van der Waals surface area contributed by atoms with Crippen LogP contribution in [-0.4, -0.2) is 55.0 Å². The Kier molecular flexibility index (Phi) is 6.80. The maximum Gasteiger partial charge on any atom is 0.423 e. The van der Waals surface area contributed by atoms with Gasteiger partial charge in [-0.05, 0) is 39.5 Å². The van der Waals surface area contributed by atoms with Gasteiger partial charge in [0.05, 0.1) is 13.2 Å². The monoisotopic (exact) mass is 396 g/mol. The standard InChI is InChI=1S/C18H24N2O8/c1-11-9-13(21)19(15(11)23)17(25)27-7-5-3-4-6-8-28-18(26)20-14(22)10-12(2)16(20)24/h9-10,21-24H,3-8H2,1-2H3. The summed E-state index contributed by atoms with van der Waals surface area (Å²) < 4.78 is 11.4. The SMILES string of the molecule is Cc1cc(O)n(C(=O)OCCCCCCOC(=O)n2c(O)cc(C)c2O)c1O. The van der Waals surface area contributed by atoms with E-state index < -0.39 is 23.9 Å². The van der Waals surface area contributed by atoms with E-state index in [0.717, 1.165) is 0 Å². The number of unbranched alkanes of at least 4 members (excludes halogenated alkanes) is 3. The third kappa shape index (κ3) is 4.70. The van der Waals surface area contributed by atoms with Crippen LogP contribution in [0.2, 0.25) is 0 Å². The molecule has 4 N–H and O–H groups in total. The first-order valence-electron chi connectivity index (χ1n) is 8.78. The van der Waals surface area contributed by atoms with E-state index in [-0.39, 0.29) is 25.0 Å². The molecule has 2 aromatic heterocycles. The predicted molar refractivity (Wildman–Crippen MR) is 97.0 cm³/mol. The normalized spacial score (nSPS) is 10.8. The van der Waals surface area contributed by atoms with Gasteiger partial charge < -0.3 is 29.9 Å². The van der Waals surface area contributed by atoms with Crippen LogP contribution < -0.4 is 0 Å². The zero-order valence-corrected chi connectivity index (χ0v) is 15.7. The number of hydrogen-bond donors (Lipinski definition) is 4. The molecule has 0 spiro atoms. The molecule has 2 rings (SSSR count). The quantitative estimate of drug-likeness (QED) is 0.523. The zero-order chi connectivity index (χ0) is 20.8. The minimum atomic E-state index is -0.862. The first-order chi connectivity index (χ1) is 13.2. The number of aryl methyl sites for hydroxylation is 2. The van der Waals surface area contributed by atoms with Crippen LogP contribution in [0.5, 0.6) is 23.5 Å². The van der Waals surface area contributed by atoms with Crippen molar-refractivity contribution in [2.45, 2.75) is 39.5 Å². The highest BCUT2D eigenvalue weighted by atomic mass is 16.6. The highest BCUT2D eigenvalue weighted by Crippen LogP contribution is 2.27. The number of carbonyl (C=O) groups excluding carboxylic acids is 2. The topological polar surface area (TPSA) is 143 Å². The molecule has 10 heteroatoms. The van der Waals surface area contributed by atoms with Crippen molar-refractivity contribution in [3.05, 3.63) is 23.3 Å². The third-order valence-electron chi connectivity index (χ3n) is 4.13. The number of aromatic nitrogens is 2. The van der Waals surface area contributed by atoms with Gasteiger partial charge in [0.2, 0.25) is 23.5 Å². The van der Waals surface area contributed by atoms with Gasteiger partial charge in [-0.3, -0.25) is 0 Å². The average Bonchev–Trinajstić information content (AvgIpc) is 3.03. The van der Waals surface area contributed by atoms with Gasteiger partial charge in [0, 0.05) is 23.3 Å². The van der Waals surface area contributed by atoms with Gasteiger partial charge in [-0.25, -0.2) is 9.59 Å². The molecular formula is C18H24N2O8. The molecule has 0 saturated carbocycles. The van der Waals surface area contributed by atoms with E-state index >= 15 is 0 Å². The van der Waals surface area contributed by atoms with Crippen molar-refractivity contribution < 1.29 is 39.5 Å². The minimum absolute atomic E-state index is 0.110. The van der Waals surface area contributed by atoms with Gasteiger partial charge in [0.25, 0.3) is 0 Å². The second-order valence-electron chi connectivity index (χ2n) is 6.33. The smallest absolute Gasteiger partial charge is 0.423 e. The van der Waals surface area contributed by atoms with Gasteiger partial charge >= 0.3 is 12.2 Å². The summed E-state index contributed by atoms with van der Waals surface area (Å²) in [6.45, 7) is 3.32. The summed E-state index contributed by atoms with van der Waals surface area (Å²) in [5.74, 6) is -1.51. The minimum Gasteiger partial charge on any atom is -0.494 e. The Morgan fingerprint density at radius 3 is 1.39 bits per heavy atom. The van der Waals surface area contributed by atoms with Crippen molar-refractivity contribution in [3.63, 3.8) is 0 Å². The number of aromatic hydroxyl groups is 4. The van der Waals surface area contributed by atoms with Crippen LogP contribution in [0.1, 0.15) is 36.8 Å². The fourth-order valence-corrected chi connectivity index (χ4v) is 2.58. The van der Waals surface area contributed by atoms with Gasteiger partial charge in [0.1, 0.15) is 0 Å². The molecule has 0 aromatic carbocycles. The van der Waals surface area contributed by atoms with E-state index in [2.05, 4.69) is 0 Å². The molecule has 0 fully saturated rings. The van der Waals surface area contributed by atoms with Gasteiger partial charge in [0.15, 0.2) is 0 Å². The summed E-state index contributed by atoms with van der Waals surface area (Å²) >= 11 is 0. The zero-order valence-electron chi connectivity index (χ0n) is 15.7. The Morgan fingerprint density at radius 2 is 1.11 bits per heavy atom. The van der Waals surface area contributed by atoms with E-state index in [4.69, 9.17) is 9.47 Å². The summed E-state index contributed by atoms with van der Waals surface area (Å²) in [5, 5.41) is 38.5. The van der Waals surface area contributed by atoms with E-state index in [9.17, 15) is 30.0 Å². The Hall–Kier alpha value is -3.30. The van der Waals surface area contributed by atoms with Crippen molar-refractivity contribution in [2.24, 2.45) is 0 Å². The lowest BCUT2D eigenvalue weighted by atomic mass is 10.2. The predicted octanol–water partition coefficient (Wildman–Crippen LogP) is 2.96. The van der Waals surface area contributed by atoms with Crippen LogP contribution in [0.4, 0.5) is 9.59 Å². The summed E-state index contributed by atoms with van der Waals surface area (Å²) in [7, 11) is 0. The van der Waals surface area contributed by atoms with E-state index in [1.165, 1.54) is 12.1 Å². The largest absolute Gasteiger partial charge is 0.494 e. The number of ether oxygens (including phenoxy) is 2. The molecule has 10 nitrogen and oxygen atoms in total. The van der Waals surface area contributed by atoms with Gasteiger partial charge in [-0.15, -0.1) is 0 Å². The number of carbonyl (C=O) groups is 2. The van der Waals surface area contributed by atoms with E-state index in [1.807, 2.05) is 0 Å². The molecule has 2 aromatic rings. The van der Waals surface area contributed by atoms with Crippen molar-refractivity contribution in [1.29, 1.82) is 0 Å². The second kappa shape index (κ2) is 9.07. The number of hydrogen-bond acceptors (Lipinski definition) is 8. The van der Waals surface area contributed by atoms with Crippen molar-refractivity contribution in [1.82, 2.24) is 9.13 Å². The number of nitrogens with zero attached hydrogens (tertiary/aromatic N) is 2. The molecule has 0 atom stereocenters. The summed E-state index contributed by atoms with van der Waals surface area (Å²) in [4.78, 5) is 23.6. The number of rotatable bonds is 7. The van der Waals surface area contributed by atoms with Crippen LogP contribution in [0.25, 0.3) is 0 Å². The average molecular weight is 396 g/mol. The third-order valence-corrected chi connectivity index (χ3v) is 4.13. The Morgan fingerprint density at radius 1 is 0.750 bits per heavy atom. The molecule has 0 radical (unpaired) electrons. The highest BCUT2D eigenvalue weighted by Gasteiger charge is 2.19. The first kappa shape index (κ1) is 21.0. The van der Waals surface area contributed by atoms with E-state index in [1.54, 1.807) is 13.8 Å². The molecule has 0 saturated heterocycles. The van der Waals surface area contributed by atoms with Gasteiger partial charge in [-0.1, -0.05) is 0 Å². The molecule has 2 heterocycles. The lowest BCUT2D eigenvalue weighted by Gasteiger charge is -2.08. The molecule has 154 valence electrons. The molecule has 0 bridgehead atoms. The fourth-order valence-electron chi connectivity index (χ4n) is 2.58. The van der Waals surface area contributed by atoms with E-state index in [0.29, 0.717) is 45.9 Å². The Bertz CT molecular complexity index is 782. The summed E-state index contributed by atoms with van der Waals surface area (Å²) in [6.07, 6.45) is 0.788. The van der Waals surface area contributed by atoms with Crippen molar-refractivity contribution in [2.75, 3.05) is 13.2 Å². The maximum absolute atomic E-state index is 11.8. The molecule has 0 aliphatic heterocycles. The van der Waals surface area contributed by atoms with Crippen LogP contribution in [0.15, 0.2) is 12.1 Å². The van der Waals surface area contributed by atoms with Crippen LogP contribution in [-0.2, 0) is 9.47 Å². The molecule has 28 heavy (non-hydrogen) atoms. The molecule has 0 unspecified atom stereocenters. The fraction of sp³-hybridized carbons (Fsp3) is 0.444. The first-order valence-corrected chi connectivity index (χ1v) is 8.78. The van der Waals surface area contributed by atoms with Crippen LogP contribution in [0.3, 0.4) is 0 Å². The van der Waals surface area contributed by atoms with Gasteiger partial charge in [-0.2, -0.15) is 9.13 Å². The Balaban J connectivity index is 1.61. The molecule has 0 aliphatic carbocycles. The highest BCUT2D eigenvalue weighted by molar-refractivity contribution is 5.76. The molecule has 0 aliphatic rings. The lowest BCUT2D eigenvalue weighted by molar-refractivity contribution is 0.135. The molecular weight excluding hydrogens is 372 g/mol. The Labute approximate surface area is 161 Å².